The van der Waals surface area contributed by atoms with Crippen LogP contribution < -0.4 is 21.3 Å². The maximum Gasteiger partial charge on any atom is 0.407 e. The Balaban J connectivity index is 1.15. The van der Waals surface area contributed by atoms with E-state index in [1.165, 1.54) is 40.4 Å². The van der Waals surface area contributed by atoms with Gasteiger partial charge in [-0.1, -0.05) is 0 Å². The fourth-order valence-electron chi connectivity index (χ4n) is 4.91. The van der Waals surface area contributed by atoms with Gasteiger partial charge in [0.25, 0.3) is 0 Å². The van der Waals surface area contributed by atoms with Gasteiger partial charge in [-0.15, -0.1) is 45.3 Å². The van der Waals surface area contributed by atoms with Gasteiger partial charge in [-0.3, -0.25) is 9.59 Å². The van der Waals surface area contributed by atoms with Crippen LogP contribution in [0.15, 0.2) is 47.2 Å². The fourth-order valence-corrected chi connectivity index (χ4v) is 9.06. The highest BCUT2D eigenvalue weighted by Crippen LogP contribution is 2.41. The number of ether oxygens (including phenoxy) is 2. The average Bonchev–Trinajstić information content (AvgIpc) is 3.86. The molecule has 0 radical (unpaired) electrons. The Morgan fingerprint density at radius 2 is 0.942 bits per heavy atom. The van der Waals surface area contributed by atoms with Crippen LogP contribution >= 0.6 is 45.3 Å². The highest BCUT2D eigenvalue weighted by atomic mass is 32.1. The lowest BCUT2D eigenvalue weighted by atomic mass is 10.2. The molecule has 0 atom stereocenters. The molecule has 10 nitrogen and oxygen atoms in total. The van der Waals surface area contributed by atoms with Crippen LogP contribution in [0.2, 0.25) is 0 Å². The number of rotatable bonds is 17. The summed E-state index contributed by atoms with van der Waals surface area (Å²) in [6.07, 6.45) is 3.09. The summed E-state index contributed by atoms with van der Waals surface area (Å²) >= 11 is 7.04. The van der Waals surface area contributed by atoms with Crippen molar-refractivity contribution >= 4 is 69.3 Å². The van der Waals surface area contributed by atoms with Crippen LogP contribution in [-0.4, -0.2) is 61.4 Å². The average molecular weight is 787 g/mol. The van der Waals surface area contributed by atoms with E-state index < -0.39 is 23.4 Å². The number of thiophene rings is 4. The molecule has 0 spiro atoms. The summed E-state index contributed by atoms with van der Waals surface area (Å²) in [4.78, 5) is 55.3. The molecule has 0 saturated carbocycles. The van der Waals surface area contributed by atoms with E-state index in [9.17, 15) is 19.2 Å². The second-order valence-electron chi connectivity index (χ2n) is 14.2. The zero-order chi connectivity index (χ0) is 37.7. The van der Waals surface area contributed by atoms with Crippen LogP contribution in [-0.2, 0) is 31.9 Å². The van der Waals surface area contributed by atoms with Crippen molar-refractivity contribution in [1.29, 1.82) is 0 Å². The highest BCUT2D eigenvalue weighted by Gasteiger charge is 2.17. The van der Waals surface area contributed by atoms with Crippen LogP contribution in [0.4, 0.5) is 9.59 Å². The smallest absolute Gasteiger partial charge is 0.407 e. The molecule has 4 aromatic rings. The number of hydrogen-bond donors (Lipinski definition) is 4. The van der Waals surface area contributed by atoms with Gasteiger partial charge in [-0.25, -0.2) is 9.59 Å². The standard InChI is InChI=1S/C38H50N4O6S4/c1-37(2,3)47-35(45)41-19-17-39-33(43)11-7-9-27-13-15-29(51-27)25-21-31(49-23-25)32-22-26(24-50-32)30-16-14-28(52-30)10-8-12-34(44)40-18-20-42-36(46)48-38(4,5)6/h13-16,21-24H,7-12,17-20H2,1-6H3,(H,39,43)(H,40,44)(H,41,45)(H,42,46). The molecule has 0 saturated heterocycles. The lowest BCUT2D eigenvalue weighted by Gasteiger charge is -2.19. The fraction of sp³-hybridized carbons (Fsp3) is 0.474. The van der Waals surface area contributed by atoms with Gasteiger partial charge < -0.3 is 30.7 Å². The monoisotopic (exact) mass is 786 g/mol. The van der Waals surface area contributed by atoms with E-state index in [0.717, 1.165) is 25.7 Å². The number of carbonyl (C=O) groups excluding carboxylic acids is 4. The lowest BCUT2D eigenvalue weighted by Crippen LogP contribution is -2.37. The third kappa shape index (κ3) is 14.7. The van der Waals surface area contributed by atoms with Gasteiger partial charge in [-0.2, -0.15) is 0 Å². The second-order valence-corrected chi connectivity index (χ2v) is 18.4. The Morgan fingerprint density at radius 1 is 0.558 bits per heavy atom. The first-order valence-corrected chi connectivity index (χ1v) is 20.9. The van der Waals surface area contributed by atoms with Crippen molar-refractivity contribution in [3.8, 4) is 30.6 Å². The molecule has 4 amide bonds. The molecule has 0 aliphatic rings. The predicted molar refractivity (Wildman–Crippen MR) is 215 cm³/mol. The van der Waals surface area contributed by atoms with E-state index in [0.29, 0.717) is 39.0 Å². The maximum absolute atomic E-state index is 12.2. The molecule has 4 N–H and O–H groups in total. The van der Waals surface area contributed by atoms with Crippen LogP contribution in [0.25, 0.3) is 30.6 Å². The molecule has 14 heteroatoms. The lowest BCUT2D eigenvalue weighted by molar-refractivity contribution is -0.121. The van der Waals surface area contributed by atoms with Crippen molar-refractivity contribution in [2.24, 2.45) is 0 Å². The Kier molecular flexibility index (Phi) is 15.3. The van der Waals surface area contributed by atoms with Crippen molar-refractivity contribution in [3.63, 3.8) is 0 Å². The summed E-state index contributed by atoms with van der Waals surface area (Å²) in [7, 11) is 0. The van der Waals surface area contributed by atoms with Crippen molar-refractivity contribution in [2.45, 2.75) is 91.3 Å². The molecule has 4 aromatic heterocycles. The van der Waals surface area contributed by atoms with Crippen molar-refractivity contribution in [2.75, 3.05) is 26.2 Å². The second kappa shape index (κ2) is 19.4. The topological polar surface area (TPSA) is 135 Å². The van der Waals surface area contributed by atoms with E-state index >= 15 is 0 Å². The first kappa shape index (κ1) is 41.0. The number of nitrogens with one attached hydrogen (secondary N) is 4. The summed E-state index contributed by atoms with van der Waals surface area (Å²) in [5.41, 5.74) is 1.32. The van der Waals surface area contributed by atoms with E-state index in [-0.39, 0.29) is 11.8 Å². The van der Waals surface area contributed by atoms with Gasteiger partial charge in [0.2, 0.25) is 11.8 Å². The molecule has 4 rings (SSSR count). The van der Waals surface area contributed by atoms with E-state index in [4.69, 9.17) is 9.47 Å². The van der Waals surface area contributed by atoms with Crippen molar-refractivity contribution < 1.29 is 28.7 Å². The molecular formula is C38H50N4O6S4. The molecule has 52 heavy (non-hydrogen) atoms. The highest BCUT2D eigenvalue weighted by molar-refractivity contribution is 7.21. The minimum Gasteiger partial charge on any atom is -0.444 e. The third-order valence-corrected chi connectivity index (χ3v) is 11.7. The predicted octanol–water partition coefficient (Wildman–Crippen LogP) is 8.86. The molecule has 0 bridgehead atoms. The first-order chi connectivity index (χ1) is 24.6. The van der Waals surface area contributed by atoms with Gasteiger partial charge in [0.15, 0.2) is 0 Å². The van der Waals surface area contributed by atoms with Crippen molar-refractivity contribution in [3.05, 3.63) is 56.9 Å². The van der Waals surface area contributed by atoms with Gasteiger partial charge in [0.05, 0.1) is 0 Å². The summed E-state index contributed by atoms with van der Waals surface area (Å²) in [6, 6.07) is 13.1. The Morgan fingerprint density at radius 3 is 1.33 bits per heavy atom. The molecule has 282 valence electrons. The van der Waals surface area contributed by atoms with Gasteiger partial charge in [-0.05, 0) is 104 Å². The Hall–Kier alpha value is -3.72. The number of aryl methyl sites for hydroxylation is 2. The summed E-state index contributed by atoms with van der Waals surface area (Å²) < 4.78 is 10.4. The molecule has 4 heterocycles. The number of alkyl carbamates (subject to hydrolysis) is 2. The summed E-state index contributed by atoms with van der Waals surface area (Å²) in [5.74, 6) is -0.0499. The first-order valence-electron chi connectivity index (χ1n) is 17.5. The third-order valence-electron chi connectivity index (χ3n) is 7.22. The zero-order valence-electron chi connectivity index (χ0n) is 30.8. The molecular weight excluding hydrogens is 737 g/mol. The Labute approximate surface area is 322 Å². The minimum absolute atomic E-state index is 0.0250. The minimum atomic E-state index is -0.550. The van der Waals surface area contributed by atoms with E-state index in [2.05, 4.69) is 68.4 Å². The van der Waals surface area contributed by atoms with Crippen LogP contribution in [0.3, 0.4) is 0 Å². The van der Waals surface area contributed by atoms with Crippen molar-refractivity contribution in [1.82, 2.24) is 21.3 Å². The summed E-state index contributed by atoms with van der Waals surface area (Å²) in [6.45, 7) is 12.2. The van der Waals surface area contributed by atoms with Crippen LogP contribution in [0.1, 0.15) is 77.0 Å². The largest absolute Gasteiger partial charge is 0.444 e. The van der Waals surface area contributed by atoms with Gasteiger partial charge in [0.1, 0.15) is 11.2 Å². The molecule has 0 aromatic carbocycles. The molecule has 0 unspecified atom stereocenters. The quantitative estimate of drug-likeness (QED) is 0.0791. The van der Waals surface area contributed by atoms with E-state index in [1.54, 1.807) is 45.3 Å². The molecule has 0 fully saturated rings. The SMILES string of the molecule is CC(C)(C)OC(=O)NCCNC(=O)CCCc1ccc(-c2csc(-c3cc(-c4ccc(CCCC(=O)NCCNC(=O)OC(C)(C)C)s4)cs3)c2)s1. The number of carbonyl (C=O) groups is 4. The van der Waals surface area contributed by atoms with Crippen LogP contribution in [0.5, 0.6) is 0 Å². The summed E-state index contributed by atoms with van der Waals surface area (Å²) in [5, 5.41) is 15.4. The van der Waals surface area contributed by atoms with Gasteiger partial charge >= 0.3 is 12.2 Å². The zero-order valence-corrected chi connectivity index (χ0v) is 34.0. The maximum atomic E-state index is 12.2. The van der Waals surface area contributed by atoms with Crippen LogP contribution in [0, 0.1) is 0 Å². The van der Waals surface area contributed by atoms with Gasteiger partial charge in [0, 0.05) is 90.2 Å². The molecule has 0 aliphatic heterocycles. The molecule has 0 aliphatic carbocycles. The normalized spacial score (nSPS) is 11.6. The Bertz CT molecular complexity index is 1650. The number of amides is 4. The van der Waals surface area contributed by atoms with E-state index in [1.807, 2.05) is 41.5 Å². The number of hydrogen-bond acceptors (Lipinski definition) is 10.